The summed E-state index contributed by atoms with van der Waals surface area (Å²) in [5.41, 5.74) is -2.46. The van der Waals surface area contributed by atoms with Gasteiger partial charge in [-0.3, -0.25) is 24.5 Å². The SMILES string of the molecule is Cc1cn([C@H]2C[C@H](O)[C@](CO)(CC[N+](=O)[O-])O2)c(=O)[nH]c1=O. The van der Waals surface area contributed by atoms with Crippen LogP contribution in [0.5, 0.6) is 0 Å². The van der Waals surface area contributed by atoms with Gasteiger partial charge in [-0.15, -0.1) is 0 Å². The maximum atomic E-state index is 11.8. The molecule has 0 aromatic carbocycles. The summed E-state index contributed by atoms with van der Waals surface area (Å²) in [7, 11) is 0. The summed E-state index contributed by atoms with van der Waals surface area (Å²) in [6, 6.07) is 0. The third-order valence-corrected chi connectivity index (χ3v) is 3.84. The van der Waals surface area contributed by atoms with Gasteiger partial charge in [-0.1, -0.05) is 0 Å². The van der Waals surface area contributed by atoms with E-state index in [1.165, 1.54) is 13.1 Å². The minimum atomic E-state index is -1.50. The number of hydrogen-bond donors (Lipinski definition) is 3. The number of aryl methyl sites for hydroxylation is 1. The fraction of sp³-hybridized carbons (Fsp3) is 0.667. The third-order valence-electron chi connectivity index (χ3n) is 3.84. The number of nitrogens with zero attached hydrogens (tertiary/aromatic N) is 2. The van der Waals surface area contributed by atoms with E-state index in [4.69, 9.17) is 4.74 Å². The molecular formula is C12H17N3O7. The van der Waals surface area contributed by atoms with Crippen molar-refractivity contribution in [3.05, 3.63) is 42.7 Å². The smallest absolute Gasteiger partial charge is 0.330 e. The van der Waals surface area contributed by atoms with Gasteiger partial charge in [0.2, 0.25) is 6.54 Å². The summed E-state index contributed by atoms with van der Waals surface area (Å²) in [5, 5.41) is 30.1. The Bertz CT molecular complexity index is 682. The van der Waals surface area contributed by atoms with Crippen LogP contribution in [0.25, 0.3) is 0 Å². The second-order valence-electron chi connectivity index (χ2n) is 5.33. The number of nitro groups is 1. The molecule has 0 aliphatic carbocycles. The normalized spacial score (nSPS) is 28.0. The van der Waals surface area contributed by atoms with Crippen LogP contribution in [0.15, 0.2) is 15.8 Å². The zero-order chi connectivity index (χ0) is 16.5. The van der Waals surface area contributed by atoms with Crippen molar-refractivity contribution < 1.29 is 19.9 Å². The molecule has 1 aliphatic rings. The van der Waals surface area contributed by atoms with Crippen LogP contribution < -0.4 is 11.2 Å². The van der Waals surface area contributed by atoms with Crippen LogP contribution in [0.1, 0.15) is 24.6 Å². The van der Waals surface area contributed by atoms with Gasteiger partial charge >= 0.3 is 5.69 Å². The quantitative estimate of drug-likeness (QED) is 0.443. The Morgan fingerprint density at radius 1 is 1.59 bits per heavy atom. The monoisotopic (exact) mass is 315 g/mol. The molecule has 3 N–H and O–H groups in total. The molecule has 0 unspecified atom stereocenters. The lowest BCUT2D eigenvalue weighted by Crippen LogP contribution is -2.44. The molecule has 122 valence electrons. The summed E-state index contributed by atoms with van der Waals surface area (Å²) in [4.78, 5) is 35.2. The van der Waals surface area contributed by atoms with E-state index in [-0.39, 0.29) is 18.4 Å². The number of nitrogens with one attached hydrogen (secondary N) is 1. The first-order valence-corrected chi connectivity index (χ1v) is 6.69. The van der Waals surface area contributed by atoms with Crippen LogP contribution in [-0.4, -0.2) is 49.5 Å². The van der Waals surface area contributed by atoms with Gasteiger partial charge in [0.15, 0.2) is 0 Å². The Labute approximate surface area is 124 Å². The van der Waals surface area contributed by atoms with E-state index in [9.17, 15) is 29.9 Å². The van der Waals surface area contributed by atoms with Gasteiger partial charge < -0.3 is 14.9 Å². The molecule has 0 bridgehead atoms. The lowest BCUT2D eigenvalue weighted by Gasteiger charge is -2.28. The third kappa shape index (κ3) is 2.93. The standard InChI is InChI=1S/C12H17N3O7/c1-7-5-14(11(19)13-10(7)18)9-4-8(17)12(6-16,22-9)2-3-15(20)21/h5,8-9,16-17H,2-4,6H2,1H3,(H,13,18,19)/t8-,9+,12+/m0/s1. The highest BCUT2D eigenvalue weighted by molar-refractivity contribution is 5.03. The lowest BCUT2D eigenvalue weighted by molar-refractivity contribution is -0.484. The fourth-order valence-corrected chi connectivity index (χ4v) is 2.50. The van der Waals surface area contributed by atoms with Gasteiger partial charge in [0.1, 0.15) is 11.8 Å². The molecule has 1 aromatic rings. The van der Waals surface area contributed by atoms with Crippen molar-refractivity contribution in [3.8, 4) is 0 Å². The summed E-state index contributed by atoms with van der Waals surface area (Å²) in [6.45, 7) is 0.408. The maximum absolute atomic E-state index is 11.8. The van der Waals surface area contributed by atoms with Crippen molar-refractivity contribution in [3.63, 3.8) is 0 Å². The van der Waals surface area contributed by atoms with Crippen LogP contribution in [0.2, 0.25) is 0 Å². The second-order valence-corrected chi connectivity index (χ2v) is 5.33. The number of hydrogen-bond acceptors (Lipinski definition) is 7. The molecule has 2 heterocycles. The van der Waals surface area contributed by atoms with Gasteiger partial charge in [0.25, 0.3) is 5.56 Å². The fourth-order valence-electron chi connectivity index (χ4n) is 2.50. The molecule has 1 aliphatic heterocycles. The molecule has 3 atom stereocenters. The van der Waals surface area contributed by atoms with Crippen molar-refractivity contribution in [2.45, 2.75) is 37.7 Å². The van der Waals surface area contributed by atoms with E-state index >= 15 is 0 Å². The zero-order valence-corrected chi connectivity index (χ0v) is 11.9. The molecule has 10 heteroatoms. The Morgan fingerprint density at radius 2 is 2.27 bits per heavy atom. The largest absolute Gasteiger partial charge is 0.393 e. The van der Waals surface area contributed by atoms with Crippen molar-refractivity contribution >= 4 is 0 Å². The Balaban J connectivity index is 2.29. The molecule has 1 fully saturated rings. The molecule has 1 aromatic heterocycles. The van der Waals surface area contributed by atoms with Crippen LogP contribution in [0.4, 0.5) is 0 Å². The molecule has 0 amide bonds. The number of ether oxygens (including phenoxy) is 1. The minimum absolute atomic E-state index is 0.0241. The van der Waals surface area contributed by atoms with Gasteiger partial charge in [-0.05, 0) is 6.92 Å². The molecule has 10 nitrogen and oxygen atoms in total. The maximum Gasteiger partial charge on any atom is 0.330 e. The molecule has 0 spiro atoms. The van der Waals surface area contributed by atoms with E-state index in [2.05, 4.69) is 4.98 Å². The number of aliphatic hydroxyl groups excluding tert-OH is 2. The Kier molecular flexibility index (Phi) is 4.44. The van der Waals surface area contributed by atoms with Crippen molar-refractivity contribution in [2.75, 3.05) is 13.2 Å². The summed E-state index contributed by atoms with van der Waals surface area (Å²) >= 11 is 0. The Morgan fingerprint density at radius 3 is 2.86 bits per heavy atom. The van der Waals surface area contributed by atoms with Crippen LogP contribution >= 0.6 is 0 Å². The second kappa shape index (κ2) is 5.99. The van der Waals surface area contributed by atoms with E-state index in [1.54, 1.807) is 0 Å². The molecule has 2 rings (SSSR count). The van der Waals surface area contributed by atoms with E-state index < -0.39 is 47.3 Å². The van der Waals surface area contributed by atoms with Crippen molar-refractivity contribution in [1.29, 1.82) is 0 Å². The van der Waals surface area contributed by atoms with Gasteiger partial charge in [-0.25, -0.2) is 4.79 Å². The predicted octanol–water partition coefficient (Wildman–Crippen LogP) is -1.48. The summed E-state index contributed by atoms with van der Waals surface area (Å²) in [6.07, 6.45) is -1.01. The number of H-pyrrole nitrogens is 1. The number of aliphatic hydroxyl groups is 2. The van der Waals surface area contributed by atoms with Gasteiger partial charge in [0.05, 0.1) is 12.7 Å². The van der Waals surface area contributed by atoms with Gasteiger partial charge in [-0.2, -0.15) is 0 Å². The first kappa shape index (κ1) is 16.3. The van der Waals surface area contributed by atoms with Crippen molar-refractivity contribution in [1.82, 2.24) is 9.55 Å². The molecule has 0 radical (unpaired) electrons. The molecule has 1 saturated heterocycles. The first-order valence-electron chi connectivity index (χ1n) is 6.69. The average molecular weight is 315 g/mol. The summed E-state index contributed by atoms with van der Waals surface area (Å²) in [5.74, 6) is 0. The molecule has 0 saturated carbocycles. The van der Waals surface area contributed by atoms with Crippen LogP contribution in [-0.2, 0) is 4.74 Å². The van der Waals surface area contributed by atoms with Crippen LogP contribution in [0.3, 0.4) is 0 Å². The number of aromatic nitrogens is 2. The average Bonchev–Trinajstić information content (AvgIpc) is 2.78. The van der Waals surface area contributed by atoms with E-state index in [0.29, 0.717) is 0 Å². The minimum Gasteiger partial charge on any atom is -0.393 e. The number of aromatic amines is 1. The Hall–Kier alpha value is -2.04. The first-order chi connectivity index (χ1) is 10.3. The van der Waals surface area contributed by atoms with E-state index in [1.807, 2.05) is 0 Å². The highest BCUT2D eigenvalue weighted by atomic mass is 16.6. The topological polar surface area (TPSA) is 148 Å². The van der Waals surface area contributed by atoms with Crippen LogP contribution in [0, 0.1) is 17.0 Å². The molecule has 22 heavy (non-hydrogen) atoms. The van der Waals surface area contributed by atoms with Crippen molar-refractivity contribution in [2.24, 2.45) is 0 Å². The zero-order valence-electron chi connectivity index (χ0n) is 11.9. The highest BCUT2D eigenvalue weighted by Gasteiger charge is 2.49. The van der Waals surface area contributed by atoms with E-state index in [0.717, 1.165) is 4.57 Å². The number of rotatable bonds is 5. The predicted molar refractivity (Wildman–Crippen MR) is 73.1 cm³/mol. The highest BCUT2D eigenvalue weighted by Crippen LogP contribution is 2.38. The summed E-state index contributed by atoms with van der Waals surface area (Å²) < 4.78 is 6.66. The van der Waals surface area contributed by atoms with Gasteiger partial charge in [0, 0.05) is 29.5 Å². The molecular weight excluding hydrogens is 298 g/mol. The lowest BCUT2D eigenvalue weighted by atomic mass is 9.94.